The number of nitrogens with zero attached hydrogens (tertiary/aromatic N) is 4. The van der Waals surface area contributed by atoms with Crippen LogP contribution in [0.2, 0.25) is 0 Å². The van der Waals surface area contributed by atoms with Gasteiger partial charge in [-0.25, -0.2) is 9.97 Å². The van der Waals surface area contributed by atoms with Crippen molar-refractivity contribution in [1.29, 1.82) is 0 Å². The maximum atomic E-state index is 11.1. The molecule has 19 heavy (non-hydrogen) atoms. The van der Waals surface area contributed by atoms with Crippen molar-refractivity contribution in [3.8, 4) is 17.0 Å². The standard InChI is InChI=1S/C13H10N4O2/c1-19-10-5-2-4-9(8-10)11-12(16-18)17-7-3-6-14-13(17)15-11/h2-8H,1H3. The maximum Gasteiger partial charge on any atom is 0.236 e. The van der Waals surface area contributed by atoms with Crippen LogP contribution in [0.5, 0.6) is 5.75 Å². The molecule has 3 aromatic rings. The van der Waals surface area contributed by atoms with Gasteiger partial charge in [0.25, 0.3) is 0 Å². The molecule has 0 N–H and O–H groups in total. The highest BCUT2D eigenvalue weighted by atomic mass is 16.5. The molecule has 0 unspecified atom stereocenters. The summed E-state index contributed by atoms with van der Waals surface area (Å²) >= 11 is 0. The van der Waals surface area contributed by atoms with Gasteiger partial charge >= 0.3 is 0 Å². The first-order valence-corrected chi connectivity index (χ1v) is 5.64. The number of methoxy groups -OCH3 is 1. The van der Waals surface area contributed by atoms with Crippen LogP contribution in [0, 0.1) is 4.91 Å². The Morgan fingerprint density at radius 2 is 2.21 bits per heavy atom. The summed E-state index contributed by atoms with van der Waals surface area (Å²) in [5, 5.41) is 3.06. The summed E-state index contributed by atoms with van der Waals surface area (Å²) in [6, 6.07) is 9.03. The van der Waals surface area contributed by atoms with Crippen LogP contribution in [0.25, 0.3) is 17.0 Å². The molecule has 0 atom stereocenters. The maximum absolute atomic E-state index is 11.1. The van der Waals surface area contributed by atoms with Crippen molar-refractivity contribution >= 4 is 11.6 Å². The normalized spacial score (nSPS) is 10.6. The van der Waals surface area contributed by atoms with Crippen LogP contribution in [0.1, 0.15) is 0 Å². The minimum absolute atomic E-state index is 0.233. The van der Waals surface area contributed by atoms with E-state index in [0.717, 1.165) is 5.56 Å². The molecule has 3 rings (SSSR count). The van der Waals surface area contributed by atoms with E-state index >= 15 is 0 Å². The third-order valence-corrected chi connectivity index (χ3v) is 2.81. The number of imidazole rings is 1. The predicted octanol–water partition coefficient (Wildman–Crippen LogP) is 2.80. The average Bonchev–Trinajstić information content (AvgIpc) is 2.86. The van der Waals surface area contributed by atoms with Crippen molar-refractivity contribution in [2.75, 3.05) is 7.11 Å². The van der Waals surface area contributed by atoms with Crippen molar-refractivity contribution in [2.24, 2.45) is 5.18 Å². The van der Waals surface area contributed by atoms with Gasteiger partial charge in [-0.2, -0.15) is 0 Å². The third-order valence-electron chi connectivity index (χ3n) is 2.81. The summed E-state index contributed by atoms with van der Waals surface area (Å²) in [7, 11) is 1.59. The highest BCUT2D eigenvalue weighted by Gasteiger charge is 2.15. The lowest BCUT2D eigenvalue weighted by Gasteiger charge is -2.01. The summed E-state index contributed by atoms with van der Waals surface area (Å²) in [5.41, 5.74) is 1.26. The lowest BCUT2D eigenvalue weighted by atomic mass is 10.1. The van der Waals surface area contributed by atoms with Crippen molar-refractivity contribution in [1.82, 2.24) is 14.4 Å². The fourth-order valence-electron chi connectivity index (χ4n) is 1.93. The van der Waals surface area contributed by atoms with Crippen LogP contribution in [0.15, 0.2) is 47.9 Å². The SMILES string of the molecule is COc1cccc(-c2nc3ncccn3c2N=O)c1. The summed E-state index contributed by atoms with van der Waals surface area (Å²) in [4.78, 5) is 19.5. The molecule has 0 radical (unpaired) electrons. The Bertz CT molecular complexity index is 751. The second kappa shape index (κ2) is 4.49. The molecule has 2 heterocycles. The van der Waals surface area contributed by atoms with E-state index in [0.29, 0.717) is 17.2 Å². The Morgan fingerprint density at radius 1 is 1.32 bits per heavy atom. The number of hydrogen-bond donors (Lipinski definition) is 0. The van der Waals surface area contributed by atoms with Crippen molar-refractivity contribution in [2.45, 2.75) is 0 Å². The first-order chi connectivity index (χ1) is 9.33. The summed E-state index contributed by atoms with van der Waals surface area (Å²) in [6.45, 7) is 0. The van der Waals surface area contributed by atoms with E-state index in [9.17, 15) is 4.91 Å². The molecule has 0 aliphatic carbocycles. The lowest BCUT2D eigenvalue weighted by molar-refractivity contribution is 0.415. The average molecular weight is 254 g/mol. The lowest BCUT2D eigenvalue weighted by Crippen LogP contribution is -1.84. The summed E-state index contributed by atoms with van der Waals surface area (Å²) in [6.07, 6.45) is 3.32. The number of hydrogen-bond acceptors (Lipinski definition) is 5. The van der Waals surface area contributed by atoms with E-state index in [1.807, 2.05) is 18.2 Å². The van der Waals surface area contributed by atoms with Gasteiger partial charge in [-0.1, -0.05) is 12.1 Å². The van der Waals surface area contributed by atoms with Gasteiger partial charge in [-0.05, 0) is 23.4 Å². The Balaban J connectivity index is 2.26. The van der Waals surface area contributed by atoms with Crippen molar-refractivity contribution in [3.63, 3.8) is 0 Å². The van der Waals surface area contributed by atoms with Crippen molar-refractivity contribution in [3.05, 3.63) is 47.6 Å². The van der Waals surface area contributed by atoms with Gasteiger partial charge in [-0.15, -0.1) is 4.91 Å². The fourth-order valence-corrected chi connectivity index (χ4v) is 1.93. The van der Waals surface area contributed by atoms with E-state index in [4.69, 9.17) is 4.74 Å². The van der Waals surface area contributed by atoms with Gasteiger partial charge in [0.05, 0.1) is 7.11 Å². The quantitative estimate of drug-likeness (QED) is 0.674. The predicted molar refractivity (Wildman–Crippen MR) is 70.4 cm³/mol. The molecule has 0 amide bonds. The van der Waals surface area contributed by atoms with Gasteiger partial charge in [-0.3, -0.25) is 4.40 Å². The number of fused-ring (bicyclic) bond motifs is 1. The second-order valence-corrected chi connectivity index (χ2v) is 3.90. The first kappa shape index (κ1) is 11.3. The zero-order chi connectivity index (χ0) is 13.2. The van der Waals surface area contributed by atoms with Crippen LogP contribution >= 0.6 is 0 Å². The topological polar surface area (TPSA) is 68.8 Å². The summed E-state index contributed by atoms with van der Waals surface area (Å²) < 4.78 is 6.72. The molecule has 0 bridgehead atoms. The number of nitroso groups, excluding NO2 is 1. The Morgan fingerprint density at radius 3 is 3.00 bits per heavy atom. The van der Waals surface area contributed by atoms with Gasteiger partial charge in [0.15, 0.2) is 0 Å². The molecule has 6 heteroatoms. The van der Waals surface area contributed by atoms with E-state index in [-0.39, 0.29) is 5.82 Å². The molecule has 94 valence electrons. The van der Waals surface area contributed by atoms with E-state index in [2.05, 4.69) is 15.1 Å². The van der Waals surface area contributed by atoms with E-state index < -0.39 is 0 Å². The van der Waals surface area contributed by atoms with Gasteiger partial charge in [0.1, 0.15) is 11.4 Å². The molecule has 0 fully saturated rings. The highest BCUT2D eigenvalue weighted by Crippen LogP contribution is 2.31. The van der Waals surface area contributed by atoms with E-state index in [1.165, 1.54) is 0 Å². The van der Waals surface area contributed by atoms with Crippen LogP contribution in [-0.4, -0.2) is 21.5 Å². The molecular weight excluding hydrogens is 244 g/mol. The van der Waals surface area contributed by atoms with E-state index in [1.54, 1.807) is 36.0 Å². The number of ether oxygens (including phenoxy) is 1. The number of rotatable bonds is 3. The highest BCUT2D eigenvalue weighted by molar-refractivity contribution is 5.74. The zero-order valence-electron chi connectivity index (χ0n) is 10.1. The molecule has 6 nitrogen and oxygen atoms in total. The van der Waals surface area contributed by atoms with Crippen LogP contribution in [-0.2, 0) is 0 Å². The molecule has 1 aromatic carbocycles. The molecule has 2 aromatic heterocycles. The molecule has 0 aliphatic heterocycles. The fraction of sp³-hybridized carbons (Fsp3) is 0.0769. The monoisotopic (exact) mass is 254 g/mol. The molecule has 0 saturated carbocycles. The third kappa shape index (κ3) is 1.83. The Labute approximate surface area is 108 Å². The first-order valence-electron chi connectivity index (χ1n) is 5.64. The molecule has 0 spiro atoms. The summed E-state index contributed by atoms with van der Waals surface area (Å²) in [5.74, 6) is 1.37. The Kier molecular flexibility index (Phi) is 2.68. The van der Waals surface area contributed by atoms with Gasteiger partial charge < -0.3 is 4.74 Å². The van der Waals surface area contributed by atoms with Crippen LogP contribution in [0.4, 0.5) is 5.82 Å². The Hall–Kier alpha value is -2.76. The van der Waals surface area contributed by atoms with Gasteiger partial charge in [0, 0.05) is 18.0 Å². The smallest absolute Gasteiger partial charge is 0.236 e. The molecule has 0 saturated heterocycles. The second-order valence-electron chi connectivity index (χ2n) is 3.90. The minimum Gasteiger partial charge on any atom is -0.497 e. The van der Waals surface area contributed by atoms with Crippen LogP contribution < -0.4 is 4.74 Å². The van der Waals surface area contributed by atoms with Crippen LogP contribution in [0.3, 0.4) is 0 Å². The molecule has 0 aliphatic rings. The number of aromatic nitrogens is 3. The number of benzene rings is 1. The van der Waals surface area contributed by atoms with Gasteiger partial charge in [0.2, 0.25) is 11.6 Å². The van der Waals surface area contributed by atoms with Crippen molar-refractivity contribution < 1.29 is 4.74 Å². The zero-order valence-corrected chi connectivity index (χ0v) is 10.1. The minimum atomic E-state index is 0.233. The largest absolute Gasteiger partial charge is 0.497 e. The molecular formula is C13H10N4O2.